The summed E-state index contributed by atoms with van der Waals surface area (Å²) in [5, 5.41) is 3.69. The minimum atomic E-state index is -3.64. The molecule has 0 aliphatic carbocycles. The van der Waals surface area contributed by atoms with E-state index in [1.54, 1.807) is 24.3 Å². The molecule has 0 radical (unpaired) electrons. The van der Waals surface area contributed by atoms with Gasteiger partial charge in [-0.2, -0.15) is 0 Å². The molecule has 4 rings (SSSR count). The molecule has 0 atom stereocenters. The van der Waals surface area contributed by atoms with Crippen LogP contribution in [0, 0.1) is 0 Å². The van der Waals surface area contributed by atoms with Crippen LogP contribution in [-0.2, 0) is 15.8 Å². The number of amidine groups is 1. The first-order valence-corrected chi connectivity index (χ1v) is 11.8. The van der Waals surface area contributed by atoms with Crippen molar-refractivity contribution < 1.29 is 22.7 Å². The molecule has 1 aliphatic rings. The predicted molar refractivity (Wildman–Crippen MR) is 125 cm³/mol. The number of ether oxygens (including phenoxy) is 2. The number of methoxy groups -OCH3 is 1. The van der Waals surface area contributed by atoms with Crippen molar-refractivity contribution in [2.75, 3.05) is 13.7 Å². The number of hydrogen-bond donors (Lipinski definition) is 2. The second-order valence-corrected chi connectivity index (χ2v) is 9.98. The lowest BCUT2D eigenvalue weighted by molar-refractivity contribution is 0.0882. The predicted octanol–water partition coefficient (Wildman–Crippen LogP) is 2.38. The van der Waals surface area contributed by atoms with Crippen LogP contribution >= 0.6 is 0 Å². The van der Waals surface area contributed by atoms with Crippen LogP contribution in [0.3, 0.4) is 0 Å². The maximum atomic E-state index is 13.2. The molecule has 0 spiro atoms. The fraction of sp³-hybridized carbons (Fsp3) is 0.261. The molecule has 0 bridgehead atoms. The van der Waals surface area contributed by atoms with Gasteiger partial charge in [0.15, 0.2) is 0 Å². The largest absolute Gasteiger partial charge is 0.490 e. The van der Waals surface area contributed by atoms with Crippen molar-refractivity contribution in [1.82, 2.24) is 10.3 Å². The highest BCUT2D eigenvalue weighted by molar-refractivity contribution is 7.89. The van der Waals surface area contributed by atoms with Gasteiger partial charge in [-0.3, -0.25) is 4.79 Å². The Morgan fingerprint density at radius 2 is 1.94 bits per heavy atom. The van der Waals surface area contributed by atoms with Crippen LogP contribution in [0.5, 0.6) is 11.6 Å². The van der Waals surface area contributed by atoms with Crippen LogP contribution in [0.15, 0.2) is 52.9 Å². The number of carbonyl (C=O) groups is 1. The number of rotatable bonds is 6. The number of amides is 1. The summed E-state index contributed by atoms with van der Waals surface area (Å²) >= 11 is 0. The summed E-state index contributed by atoms with van der Waals surface area (Å²) in [5.41, 5.74) is 7.20. The Morgan fingerprint density at radius 1 is 1.18 bits per heavy atom. The zero-order valence-electron chi connectivity index (χ0n) is 18.5. The Hall–Kier alpha value is -3.66. The highest BCUT2D eigenvalue weighted by atomic mass is 32.2. The average Bonchev–Trinajstić information content (AvgIpc) is 2.75. The van der Waals surface area contributed by atoms with Crippen LogP contribution < -0.4 is 20.5 Å². The van der Waals surface area contributed by atoms with Crippen LogP contribution in [0.4, 0.5) is 0 Å². The third-order valence-corrected chi connectivity index (χ3v) is 6.28. The van der Waals surface area contributed by atoms with E-state index in [0.717, 1.165) is 0 Å². The number of benzene rings is 2. The van der Waals surface area contributed by atoms with E-state index >= 15 is 0 Å². The van der Waals surface area contributed by atoms with Gasteiger partial charge in [-0.25, -0.2) is 13.4 Å². The zero-order chi connectivity index (χ0) is 23.8. The third-order valence-electron chi connectivity index (χ3n) is 5.13. The number of aromatic nitrogens is 1. The molecule has 0 saturated heterocycles. The number of fused-ring (bicyclic) bond motifs is 2. The number of nitrogens with two attached hydrogens (primary N) is 1. The van der Waals surface area contributed by atoms with Gasteiger partial charge >= 0.3 is 0 Å². The van der Waals surface area contributed by atoms with E-state index in [-0.39, 0.29) is 24.1 Å². The molecule has 172 valence electrons. The topological polar surface area (TPSA) is 133 Å². The molecule has 3 aromatic rings. The Balaban J connectivity index is 1.55. The summed E-state index contributed by atoms with van der Waals surface area (Å²) in [5.74, 6) is 0.0967. The van der Waals surface area contributed by atoms with Gasteiger partial charge in [-0.05, 0) is 31.5 Å². The summed E-state index contributed by atoms with van der Waals surface area (Å²) in [6, 6.07) is 14.0. The molecule has 2 heterocycles. The number of nitrogens with one attached hydrogen (secondary N) is 1. The summed E-state index contributed by atoms with van der Waals surface area (Å²) in [6.07, 6.45) is 0. The summed E-state index contributed by atoms with van der Waals surface area (Å²) < 4.78 is 38.6. The molecule has 33 heavy (non-hydrogen) atoms. The minimum Gasteiger partial charge on any atom is -0.490 e. The fourth-order valence-corrected chi connectivity index (χ4v) is 4.73. The van der Waals surface area contributed by atoms with E-state index < -0.39 is 15.6 Å². The van der Waals surface area contributed by atoms with Crippen molar-refractivity contribution in [3.05, 3.63) is 65.2 Å². The lowest BCUT2D eigenvalue weighted by Crippen LogP contribution is -2.48. The number of para-hydroxylation sites is 1. The summed E-state index contributed by atoms with van der Waals surface area (Å²) in [4.78, 5) is 17.5. The normalized spacial score (nSPS) is 14.8. The number of nitrogens with zero attached hydrogens (tertiary/aromatic N) is 2. The van der Waals surface area contributed by atoms with Gasteiger partial charge in [-0.1, -0.05) is 30.3 Å². The van der Waals surface area contributed by atoms with E-state index in [4.69, 9.17) is 15.2 Å². The number of pyridine rings is 1. The van der Waals surface area contributed by atoms with Gasteiger partial charge in [0.2, 0.25) is 5.88 Å². The number of sulfonamides is 1. The second-order valence-electron chi connectivity index (χ2n) is 8.35. The summed E-state index contributed by atoms with van der Waals surface area (Å²) in [6.45, 7) is 3.75. The highest BCUT2D eigenvalue weighted by Crippen LogP contribution is 2.29. The van der Waals surface area contributed by atoms with Gasteiger partial charge in [0.05, 0.1) is 35.0 Å². The van der Waals surface area contributed by atoms with E-state index in [2.05, 4.69) is 14.7 Å². The first kappa shape index (κ1) is 22.5. The molecule has 3 N–H and O–H groups in total. The minimum absolute atomic E-state index is 0.107. The van der Waals surface area contributed by atoms with Gasteiger partial charge in [0, 0.05) is 11.5 Å². The zero-order valence-corrected chi connectivity index (χ0v) is 19.3. The van der Waals surface area contributed by atoms with E-state index in [9.17, 15) is 13.2 Å². The van der Waals surface area contributed by atoms with Crippen LogP contribution in [-0.4, -0.2) is 44.4 Å². The molecule has 10 heteroatoms. The van der Waals surface area contributed by atoms with E-state index in [0.29, 0.717) is 39.2 Å². The first-order valence-electron chi connectivity index (χ1n) is 10.2. The van der Waals surface area contributed by atoms with E-state index in [1.807, 2.05) is 38.1 Å². The maximum Gasteiger partial charge on any atom is 0.259 e. The number of hydrogen-bond acceptors (Lipinski definition) is 7. The molecule has 1 aromatic heterocycles. The SMILES string of the molecule is COc1cc(C(=O)NC(C)(C)COc2cccc3c2C(N)=NS(=O)(=O)C3)c2ccccc2n1. The van der Waals surface area contributed by atoms with Crippen LogP contribution in [0.1, 0.15) is 35.3 Å². The van der Waals surface area contributed by atoms with Crippen molar-refractivity contribution >= 4 is 32.7 Å². The van der Waals surface area contributed by atoms with Crippen LogP contribution in [0.2, 0.25) is 0 Å². The van der Waals surface area contributed by atoms with Gasteiger partial charge < -0.3 is 20.5 Å². The molecule has 2 aromatic carbocycles. The lowest BCUT2D eigenvalue weighted by atomic mass is 10.0. The monoisotopic (exact) mass is 468 g/mol. The van der Waals surface area contributed by atoms with Crippen molar-refractivity contribution in [2.24, 2.45) is 10.1 Å². The molecule has 0 saturated carbocycles. The lowest BCUT2D eigenvalue weighted by Gasteiger charge is -2.28. The van der Waals surface area contributed by atoms with Gasteiger partial charge in [0.1, 0.15) is 18.2 Å². The fourth-order valence-electron chi connectivity index (χ4n) is 3.64. The van der Waals surface area contributed by atoms with Crippen molar-refractivity contribution in [3.8, 4) is 11.6 Å². The van der Waals surface area contributed by atoms with E-state index in [1.165, 1.54) is 7.11 Å². The quantitative estimate of drug-likeness (QED) is 0.567. The van der Waals surface area contributed by atoms with Crippen molar-refractivity contribution in [3.63, 3.8) is 0 Å². The Bertz CT molecular complexity index is 1380. The Kier molecular flexibility index (Phi) is 5.71. The van der Waals surface area contributed by atoms with Crippen LogP contribution in [0.25, 0.3) is 10.9 Å². The van der Waals surface area contributed by atoms with Crippen molar-refractivity contribution in [1.29, 1.82) is 0 Å². The standard InChI is InChI=1S/C23H24N4O5S/c1-23(2,13-32-18-10-6-7-14-12-33(29,30)27-21(24)20(14)18)26-22(28)16-11-19(31-3)25-17-9-5-4-8-15(16)17/h4-11H,12-13H2,1-3H3,(H2,24,27)(H,26,28). The molecule has 9 nitrogen and oxygen atoms in total. The number of carbonyl (C=O) groups excluding carboxylic acids is 1. The van der Waals surface area contributed by atoms with Gasteiger partial charge in [-0.15, -0.1) is 4.40 Å². The average molecular weight is 469 g/mol. The summed E-state index contributed by atoms with van der Waals surface area (Å²) in [7, 11) is -2.14. The Labute approximate surface area is 191 Å². The molecule has 1 amide bonds. The third kappa shape index (κ3) is 4.75. The molecule has 0 fully saturated rings. The first-order chi connectivity index (χ1) is 15.6. The maximum absolute atomic E-state index is 13.2. The van der Waals surface area contributed by atoms with Crippen molar-refractivity contribution in [2.45, 2.75) is 25.1 Å². The van der Waals surface area contributed by atoms with Gasteiger partial charge in [0.25, 0.3) is 15.9 Å². The molecular formula is C23H24N4O5S. The Morgan fingerprint density at radius 3 is 2.70 bits per heavy atom. The second kappa shape index (κ2) is 8.36. The smallest absolute Gasteiger partial charge is 0.259 e. The highest BCUT2D eigenvalue weighted by Gasteiger charge is 2.28. The molecule has 0 unspecified atom stereocenters. The molecule has 1 aliphatic heterocycles. The molecular weight excluding hydrogens is 444 g/mol.